The highest BCUT2D eigenvalue weighted by Gasteiger charge is 2.21. The number of anilines is 3. The topological polar surface area (TPSA) is 13.1 Å². The average molecular weight is 602 g/mol. The third kappa shape index (κ3) is 4.52. The molecule has 0 radical (unpaired) electrons. The Balaban J connectivity index is 1.37. The van der Waals surface area contributed by atoms with Gasteiger partial charge in [0.25, 0.3) is 0 Å². The van der Waals surface area contributed by atoms with Gasteiger partial charge >= 0.3 is 0 Å². The molecule has 0 N–H and O–H groups in total. The molecular formula is C44H31N3. The Bertz CT molecular complexity index is 2450. The maximum atomic E-state index is 2.46. The summed E-state index contributed by atoms with van der Waals surface area (Å²) in [6.07, 6.45) is 0. The lowest BCUT2D eigenvalue weighted by atomic mass is 10.1. The van der Waals surface area contributed by atoms with E-state index in [-0.39, 0.29) is 0 Å². The summed E-state index contributed by atoms with van der Waals surface area (Å²) in [7, 11) is 0. The smallest absolute Gasteiger partial charge is 0.0788 e. The summed E-state index contributed by atoms with van der Waals surface area (Å²) in [5, 5.41) is 3.67. The second kappa shape index (κ2) is 11.2. The van der Waals surface area contributed by atoms with Gasteiger partial charge in [0.2, 0.25) is 0 Å². The van der Waals surface area contributed by atoms with Crippen LogP contribution in [0.2, 0.25) is 0 Å². The van der Waals surface area contributed by atoms with Gasteiger partial charge in [-0.3, -0.25) is 0 Å². The Morgan fingerprint density at radius 3 is 1.64 bits per heavy atom. The van der Waals surface area contributed by atoms with Crippen LogP contribution in [-0.2, 0) is 0 Å². The van der Waals surface area contributed by atoms with E-state index in [4.69, 9.17) is 0 Å². The fourth-order valence-corrected chi connectivity index (χ4v) is 7.05. The summed E-state index contributed by atoms with van der Waals surface area (Å²) in [5.41, 5.74) is 11.5. The number of nitrogens with zero attached hydrogens (tertiary/aromatic N) is 3. The van der Waals surface area contributed by atoms with Gasteiger partial charge in [-0.15, -0.1) is 0 Å². The predicted molar refractivity (Wildman–Crippen MR) is 198 cm³/mol. The summed E-state index contributed by atoms with van der Waals surface area (Å²) < 4.78 is 4.89. The lowest BCUT2D eigenvalue weighted by Crippen LogP contribution is -2.10. The quantitative estimate of drug-likeness (QED) is 0.185. The molecule has 0 aliphatic heterocycles. The molecule has 0 saturated carbocycles. The van der Waals surface area contributed by atoms with Crippen LogP contribution < -0.4 is 4.90 Å². The van der Waals surface area contributed by atoms with Gasteiger partial charge in [-0.25, -0.2) is 0 Å². The first-order valence-corrected chi connectivity index (χ1v) is 16.0. The summed E-state index contributed by atoms with van der Waals surface area (Å²) in [6.45, 7) is 0. The number of hydrogen-bond acceptors (Lipinski definition) is 1. The molecule has 0 spiro atoms. The van der Waals surface area contributed by atoms with Gasteiger partial charge in [-0.2, -0.15) is 0 Å². The third-order valence-electron chi connectivity index (χ3n) is 9.06. The number of aromatic nitrogens is 2. The molecule has 0 fully saturated rings. The number of fused-ring (bicyclic) bond motifs is 5. The fourth-order valence-electron chi connectivity index (χ4n) is 7.05. The van der Waals surface area contributed by atoms with Crippen LogP contribution in [0.25, 0.3) is 55.3 Å². The van der Waals surface area contributed by atoms with Crippen LogP contribution in [0, 0.1) is 0 Å². The Hall–Kier alpha value is -6.32. The predicted octanol–water partition coefficient (Wildman–Crippen LogP) is 11.9. The largest absolute Gasteiger partial charge is 0.310 e. The highest BCUT2D eigenvalue weighted by Crippen LogP contribution is 2.42. The van der Waals surface area contributed by atoms with Gasteiger partial charge in [0.15, 0.2) is 0 Å². The van der Waals surface area contributed by atoms with Crippen LogP contribution >= 0.6 is 0 Å². The molecule has 2 aromatic heterocycles. The lowest BCUT2D eigenvalue weighted by molar-refractivity contribution is 1.12. The normalized spacial score (nSPS) is 11.4. The van der Waals surface area contributed by atoms with Gasteiger partial charge in [0.05, 0.1) is 22.2 Å². The van der Waals surface area contributed by atoms with Crippen LogP contribution in [0.15, 0.2) is 188 Å². The summed E-state index contributed by atoms with van der Waals surface area (Å²) in [6, 6.07) is 67.3. The van der Waals surface area contributed by atoms with E-state index >= 15 is 0 Å². The lowest BCUT2D eigenvalue weighted by Gasteiger charge is -2.26. The van der Waals surface area contributed by atoms with Crippen LogP contribution in [0.3, 0.4) is 0 Å². The molecule has 9 rings (SSSR count). The van der Waals surface area contributed by atoms with E-state index in [2.05, 4.69) is 202 Å². The molecule has 3 heteroatoms. The second-order valence-electron chi connectivity index (χ2n) is 11.8. The van der Waals surface area contributed by atoms with Crippen molar-refractivity contribution >= 4 is 49.8 Å². The number of benzene rings is 7. The molecule has 47 heavy (non-hydrogen) atoms. The minimum absolute atomic E-state index is 1.10. The maximum absolute atomic E-state index is 2.46. The van der Waals surface area contributed by atoms with Crippen LogP contribution in [0.4, 0.5) is 17.1 Å². The number of rotatable bonds is 6. The molecule has 0 bridgehead atoms. The van der Waals surface area contributed by atoms with E-state index in [9.17, 15) is 0 Å². The van der Waals surface area contributed by atoms with Gasteiger partial charge in [-0.05, 0) is 72.3 Å². The molecule has 7 aromatic carbocycles. The first kappa shape index (κ1) is 27.0. The maximum Gasteiger partial charge on any atom is 0.0788 e. The Morgan fingerprint density at radius 1 is 0.362 bits per heavy atom. The van der Waals surface area contributed by atoms with Crippen molar-refractivity contribution in [3.05, 3.63) is 188 Å². The van der Waals surface area contributed by atoms with Crippen molar-refractivity contribution in [3.8, 4) is 22.6 Å². The van der Waals surface area contributed by atoms with E-state index in [0.29, 0.717) is 0 Å². The van der Waals surface area contributed by atoms with E-state index in [1.807, 2.05) is 0 Å². The van der Waals surface area contributed by atoms with Crippen molar-refractivity contribution in [2.45, 2.75) is 0 Å². The van der Waals surface area contributed by atoms with Crippen LogP contribution in [0.5, 0.6) is 0 Å². The number of para-hydroxylation sites is 4. The van der Waals surface area contributed by atoms with Gasteiger partial charge in [-0.1, -0.05) is 121 Å². The molecule has 9 aromatic rings. The monoisotopic (exact) mass is 601 g/mol. The highest BCUT2D eigenvalue weighted by molar-refractivity contribution is 6.19. The molecule has 0 aliphatic rings. The van der Waals surface area contributed by atoms with E-state index in [1.54, 1.807) is 0 Å². The third-order valence-corrected chi connectivity index (χ3v) is 9.06. The zero-order valence-corrected chi connectivity index (χ0v) is 25.7. The summed E-state index contributed by atoms with van der Waals surface area (Å²) in [5.74, 6) is 0. The number of hydrogen-bond donors (Lipinski definition) is 0. The second-order valence-corrected chi connectivity index (χ2v) is 11.8. The zero-order chi connectivity index (χ0) is 31.2. The fraction of sp³-hybridized carbons (Fsp3) is 0. The highest BCUT2D eigenvalue weighted by atomic mass is 15.1. The first-order valence-electron chi connectivity index (χ1n) is 16.0. The van der Waals surface area contributed by atoms with E-state index < -0.39 is 0 Å². The molecular weight excluding hydrogens is 571 g/mol. The minimum atomic E-state index is 1.10. The molecule has 2 heterocycles. The minimum Gasteiger partial charge on any atom is -0.310 e. The summed E-state index contributed by atoms with van der Waals surface area (Å²) >= 11 is 0. The van der Waals surface area contributed by atoms with Gasteiger partial charge < -0.3 is 14.0 Å². The SMILES string of the molecule is c1ccc(-c2cc3ccc4c5ccccc5n(-c5cccc(N(c6ccccc6)c6ccccc6)c5)c4c3n2-c2ccccc2)cc1. The van der Waals surface area contributed by atoms with Crippen LogP contribution in [0.1, 0.15) is 0 Å². The van der Waals surface area contributed by atoms with Crippen molar-refractivity contribution in [3.63, 3.8) is 0 Å². The van der Waals surface area contributed by atoms with Crippen molar-refractivity contribution in [2.24, 2.45) is 0 Å². The zero-order valence-electron chi connectivity index (χ0n) is 25.7. The Labute approximate surface area is 273 Å². The first-order chi connectivity index (χ1) is 23.3. The molecule has 0 unspecified atom stereocenters. The van der Waals surface area contributed by atoms with Gasteiger partial charge in [0.1, 0.15) is 0 Å². The van der Waals surface area contributed by atoms with Crippen LogP contribution in [-0.4, -0.2) is 9.13 Å². The van der Waals surface area contributed by atoms with E-state index in [1.165, 1.54) is 44.0 Å². The van der Waals surface area contributed by atoms with Crippen molar-refractivity contribution < 1.29 is 0 Å². The van der Waals surface area contributed by atoms with Gasteiger partial charge in [0, 0.05) is 44.6 Å². The average Bonchev–Trinajstić information content (AvgIpc) is 3.70. The Kier molecular flexibility index (Phi) is 6.46. The van der Waals surface area contributed by atoms with Crippen molar-refractivity contribution in [1.29, 1.82) is 0 Å². The Morgan fingerprint density at radius 2 is 0.936 bits per heavy atom. The summed E-state index contributed by atoms with van der Waals surface area (Å²) in [4.78, 5) is 2.33. The standard InChI is InChI=1S/C44H31N3/c1-5-16-32(17-6-1)42-30-33-28-29-40-39-26-13-14-27-41(39)47(44(40)43(33)46(42)36-22-11-4-12-23-36)38-25-15-24-37(31-38)45(34-18-7-2-8-19-34)35-20-9-3-10-21-35/h1-31H. The van der Waals surface area contributed by atoms with E-state index in [0.717, 1.165) is 28.4 Å². The molecule has 0 atom stereocenters. The molecule has 0 amide bonds. The molecule has 3 nitrogen and oxygen atoms in total. The molecule has 222 valence electrons. The molecule has 0 saturated heterocycles. The van der Waals surface area contributed by atoms with Crippen molar-refractivity contribution in [2.75, 3.05) is 4.90 Å². The van der Waals surface area contributed by atoms with Crippen molar-refractivity contribution in [1.82, 2.24) is 9.13 Å². The molecule has 0 aliphatic carbocycles.